The summed E-state index contributed by atoms with van der Waals surface area (Å²) in [7, 11) is 0. The third kappa shape index (κ3) is 40.2. The van der Waals surface area contributed by atoms with Gasteiger partial charge in [-0.3, -0.25) is 9.59 Å². The summed E-state index contributed by atoms with van der Waals surface area (Å²) in [6.07, 6.45) is 49.7. The van der Waals surface area contributed by atoms with Crippen LogP contribution >= 0.6 is 0 Å². The Morgan fingerprint density at radius 2 is 0.901 bits per heavy atom. The van der Waals surface area contributed by atoms with E-state index in [1.807, 2.05) is 6.08 Å². The van der Waals surface area contributed by atoms with Gasteiger partial charge in [0.25, 0.3) is 0 Å². The lowest BCUT2D eigenvalue weighted by molar-refractivity contribution is -0.302. The van der Waals surface area contributed by atoms with Gasteiger partial charge < -0.3 is 45.1 Å². The molecule has 0 bridgehead atoms. The number of allylic oxidation sites excluding steroid dienone is 3. The Hall–Kier alpha value is -1.86. The molecule has 0 aromatic heterocycles. The second-order valence-electron chi connectivity index (χ2n) is 21.1. The number of carbonyl (C=O) groups excluding carboxylic acids is 2. The van der Waals surface area contributed by atoms with E-state index in [4.69, 9.17) is 14.2 Å². The van der Waals surface area contributed by atoms with Gasteiger partial charge in [-0.1, -0.05) is 237 Å². The maximum absolute atomic E-state index is 13.0. The molecule has 418 valence electrons. The summed E-state index contributed by atoms with van der Waals surface area (Å²) in [6.45, 7) is 4.33. The molecule has 0 aromatic rings. The number of aliphatic hydroxyl groups is 5. The molecule has 0 radical (unpaired) electrons. The molecule has 7 unspecified atom stereocenters. The van der Waals surface area contributed by atoms with Crippen molar-refractivity contribution in [2.75, 3.05) is 19.8 Å². The van der Waals surface area contributed by atoms with E-state index in [0.29, 0.717) is 19.4 Å². The van der Waals surface area contributed by atoms with E-state index in [-0.39, 0.29) is 18.5 Å². The first-order chi connectivity index (χ1) is 34.7. The highest BCUT2D eigenvalue weighted by atomic mass is 16.7. The van der Waals surface area contributed by atoms with E-state index in [1.54, 1.807) is 6.08 Å². The predicted octanol–water partition coefficient (Wildman–Crippen LogP) is 13.7. The molecule has 1 fully saturated rings. The number of nitrogens with one attached hydrogen (secondary N) is 1. The van der Waals surface area contributed by atoms with E-state index >= 15 is 0 Å². The number of hydrogen-bond donors (Lipinski definition) is 6. The first kappa shape index (κ1) is 67.2. The zero-order valence-electron chi connectivity index (χ0n) is 45.9. The molecule has 7 atom stereocenters. The lowest BCUT2D eigenvalue weighted by atomic mass is 9.99. The molecule has 1 heterocycles. The van der Waals surface area contributed by atoms with Gasteiger partial charge in [0, 0.05) is 12.8 Å². The summed E-state index contributed by atoms with van der Waals surface area (Å²) in [5, 5.41) is 54.4. The molecule has 11 heteroatoms. The number of carbonyl (C=O) groups is 2. The average Bonchev–Trinajstić information content (AvgIpc) is 3.37. The highest BCUT2D eigenvalue weighted by Gasteiger charge is 2.44. The Morgan fingerprint density at radius 1 is 0.507 bits per heavy atom. The van der Waals surface area contributed by atoms with Crippen LogP contribution in [0.3, 0.4) is 0 Å². The van der Waals surface area contributed by atoms with Crippen LogP contribution in [-0.4, -0.2) is 100 Å². The van der Waals surface area contributed by atoms with E-state index in [1.165, 1.54) is 167 Å². The monoisotopic (exact) mass is 1010 g/mol. The first-order valence-corrected chi connectivity index (χ1v) is 30.1. The van der Waals surface area contributed by atoms with E-state index < -0.39 is 49.5 Å². The third-order valence-corrected chi connectivity index (χ3v) is 14.3. The SMILES string of the molecule is CCCCCCCCCCCCCC/C=C/C(O)C(COC1OC(CO)C(O)C(O)C1O)NC(=O)CCCCCCC/C=C\CCCCCCCCCCCOC(=O)CCCCCCCCCCCCC. The fourth-order valence-corrected chi connectivity index (χ4v) is 9.49. The molecule has 11 nitrogen and oxygen atoms in total. The van der Waals surface area contributed by atoms with Gasteiger partial charge in [-0.05, 0) is 57.8 Å². The Bertz CT molecular complexity index is 1230. The highest BCUT2D eigenvalue weighted by molar-refractivity contribution is 5.76. The molecule has 1 saturated heterocycles. The standard InChI is InChI=1S/C60H113NO10/c1-3-5-7-9-11-13-15-16-23-27-30-34-38-42-46-53(63)52(51-70-60-59(68)58(67)57(66)54(50-62)71-60)61-55(64)47-43-39-35-31-28-24-21-19-17-18-20-22-25-29-33-37-41-45-49-69-56(65)48-44-40-36-32-26-14-12-10-8-6-4-2/h19,21,42,46,52-54,57-60,62-63,66-68H,3-18,20,22-41,43-45,47-51H2,1-2H3,(H,61,64)/b21-19-,46-42+. The highest BCUT2D eigenvalue weighted by Crippen LogP contribution is 2.23. The summed E-state index contributed by atoms with van der Waals surface area (Å²) >= 11 is 0. The first-order valence-electron chi connectivity index (χ1n) is 30.1. The molecule has 1 aliphatic heterocycles. The van der Waals surface area contributed by atoms with Crippen LogP contribution in [0, 0.1) is 0 Å². The number of unbranched alkanes of at least 4 members (excludes halogenated alkanes) is 36. The van der Waals surface area contributed by atoms with E-state index in [2.05, 4.69) is 31.3 Å². The van der Waals surface area contributed by atoms with Gasteiger partial charge >= 0.3 is 5.97 Å². The van der Waals surface area contributed by atoms with E-state index in [0.717, 1.165) is 89.9 Å². The minimum Gasteiger partial charge on any atom is -0.466 e. The minimum atomic E-state index is -1.58. The average molecular weight is 1010 g/mol. The lowest BCUT2D eigenvalue weighted by Crippen LogP contribution is -2.60. The van der Waals surface area contributed by atoms with Crippen molar-refractivity contribution in [3.8, 4) is 0 Å². The minimum absolute atomic E-state index is 0.0129. The molecule has 71 heavy (non-hydrogen) atoms. The van der Waals surface area contributed by atoms with Gasteiger partial charge in [0.05, 0.1) is 32.0 Å². The van der Waals surface area contributed by atoms with Crippen LogP contribution in [0.5, 0.6) is 0 Å². The molecule has 1 aliphatic rings. The molecule has 6 N–H and O–H groups in total. The van der Waals surface area contributed by atoms with Crippen molar-refractivity contribution in [2.45, 2.75) is 326 Å². The number of aliphatic hydroxyl groups excluding tert-OH is 5. The maximum atomic E-state index is 13.0. The normalized spacial score (nSPS) is 19.2. The summed E-state index contributed by atoms with van der Waals surface area (Å²) < 4.78 is 16.7. The molecule has 0 spiro atoms. The number of ether oxygens (including phenoxy) is 3. The van der Waals surface area contributed by atoms with Gasteiger partial charge in [-0.25, -0.2) is 0 Å². The van der Waals surface area contributed by atoms with Gasteiger partial charge in [-0.15, -0.1) is 0 Å². The Balaban J connectivity index is 2.13. The van der Waals surface area contributed by atoms with Crippen LogP contribution in [0.4, 0.5) is 0 Å². The Labute approximate surface area is 435 Å². The maximum Gasteiger partial charge on any atom is 0.305 e. The number of amides is 1. The quantitative estimate of drug-likeness (QED) is 0.0195. The van der Waals surface area contributed by atoms with Crippen LogP contribution in [0.1, 0.15) is 284 Å². The second kappa shape index (κ2) is 50.3. The van der Waals surface area contributed by atoms with Crippen molar-refractivity contribution in [1.29, 1.82) is 0 Å². The van der Waals surface area contributed by atoms with Crippen LogP contribution in [0.2, 0.25) is 0 Å². The van der Waals surface area contributed by atoms with E-state index in [9.17, 15) is 35.1 Å². The van der Waals surface area contributed by atoms with Crippen molar-refractivity contribution in [3.05, 3.63) is 24.3 Å². The Kier molecular flexibility index (Phi) is 47.6. The van der Waals surface area contributed by atoms with Crippen molar-refractivity contribution < 1.29 is 49.3 Å². The van der Waals surface area contributed by atoms with Crippen molar-refractivity contribution in [2.24, 2.45) is 0 Å². The zero-order valence-corrected chi connectivity index (χ0v) is 45.9. The molecule has 1 rings (SSSR count). The molecule has 0 saturated carbocycles. The van der Waals surface area contributed by atoms with Crippen LogP contribution < -0.4 is 5.32 Å². The second-order valence-corrected chi connectivity index (χ2v) is 21.1. The number of rotatable bonds is 52. The largest absolute Gasteiger partial charge is 0.466 e. The summed E-state index contributed by atoms with van der Waals surface area (Å²) in [4.78, 5) is 25.1. The third-order valence-electron chi connectivity index (χ3n) is 14.3. The fourth-order valence-electron chi connectivity index (χ4n) is 9.49. The molecular weight excluding hydrogens is 895 g/mol. The smallest absolute Gasteiger partial charge is 0.305 e. The summed E-state index contributed by atoms with van der Waals surface area (Å²) in [5.41, 5.74) is 0. The summed E-state index contributed by atoms with van der Waals surface area (Å²) in [6, 6.07) is -0.819. The molecular formula is C60H113NO10. The Morgan fingerprint density at radius 3 is 1.35 bits per heavy atom. The zero-order chi connectivity index (χ0) is 51.7. The molecule has 0 aliphatic carbocycles. The van der Waals surface area contributed by atoms with Crippen molar-refractivity contribution in [1.82, 2.24) is 5.32 Å². The number of hydrogen-bond acceptors (Lipinski definition) is 10. The topological polar surface area (TPSA) is 175 Å². The van der Waals surface area contributed by atoms with Gasteiger partial charge in [0.15, 0.2) is 6.29 Å². The van der Waals surface area contributed by atoms with Crippen molar-refractivity contribution >= 4 is 11.9 Å². The lowest BCUT2D eigenvalue weighted by Gasteiger charge is -2.40. The summed E-state index contributed by atoms with van der Waals surface area (Å²) in [5.74, 6) is -0.208. The van der Waals surface area contributed by atoms with Crippen LogP contribution in [0.15, 0.2) is 24.3 Å². The molecule has 0 aromatic carbocycles. The van der Waals surface area contributed by atoms with Gasteiger partial charge in [0.1, 0.15) is 24.4 Å². The van der Waals surface area contributed by atoms with Gasteiger partial charge in [0.2, 0.25) is 5.91 Å². The number of esters is 1. The van der Waals surface area contributed by atoms with Crippen molar-refractivity contribution in [3.63, 3.8) is 0 Å². The van der Waals surface area contributed by atoms with Crippen LogP contribution in [0.25, 0.3) is 0 Å². The van der Waals surface area contributed by atoms with Gasteiger partial charge in [-0.2, -0.15) is 0 Å². The fraction of sp³-hybridized carbons (Fsp3) is 0.900. The predicted molar refractivity (Wildman–Crippen MR) is 292 cm³/mol. The molecule has 1 amide bonds. The van der Waals surface area contributed by atoms with Crippen LogP contribution in [-0.2, 0) is 23.8 Å².